The van der Waals surface area contributed by atoms with E-state index in [1.165, 1.54) is 0 Å². The maximum Gasteiger partial charge on any atom is 2.00 e. The number of phosphoric acid groups is 1. The summed E-state index contributed by atoms with van der Waals surface area (Å²) in [6, 6.07) is 0. The molecule has 0 fully saturated rings. The number of hydrogen-bond donors (Lipinski definition) is 3. The summed E-state index contributed by atoms with van der Waals surface area (Å²) >= 11 is 0. The summed E-state index contributed by atoms with van der Waals surface area (Å²) in [4.78, 5) is 38.4. The summed E-state index contributed by atoms with van der Waals surface area (Å²) in [5, 5.41) is 0. The van der Waals surface area contributed by atoms with Crippen LogP contribution in [0.4, 0.5) is 4.20 Å². The van der Waals surface area contributed by atoms with Crippen LogP contribution in [0, 0.1) is 0 Å². The Morgan fingerprint density at radius 1 is 1.09 bits per heavy atom. The molecular formula is H3CaFO7P2. The van der Waals surface area contributed by atoms with Crippen LogP contribution in [0.1, 0.15) is 0 Å². The van der Waals surface area contributed by atoms with Gasteiger partial charge in [-0.3, -0.25) is 0 Å². The van der Waals surface area contributed by atoms with Gasteiger partial charge in [-0.05, 0) is 0 Å². The third-order valence-electron chi connectivity index (χ3n) is 0. The Bertz CT molecular complexity index is 129. The van der Waals surface area contributed by atoms with Crippen LogP contribution in [0.25, 0.3) is 0 Å². The molecule has 11 heteroatoms. The number of hydrogen-bond acceptors (Lipinski definition) is 4. The van der Waals surface area contributed by atoms with Gasteiger partial charge in [-0.25, -0.2) is 8.76 Å². The molecule has 0 aromatic rings. The molecule has 0 radical (unpaired) electrons. The van der Waals surface area contributed by atoms with Crippen molar-refractivity contribution in [3.63, 3.8) is 0 Å². The van der Waals surface area contributed by atoms with Crippen LogP contribution >= 0.6 is 15.7 Å². The molecule has 0 amide bonds. The van der Waals surface area contributed by atoms with E-state index in [2.05, 4.69) is 0 Å². The maximum atomic E-state index is 10.1. The van der Waals surface area contributed by atoms with E-state index in [1.54, 1.807) is 0 Å². The molecule has 0 aliphatic heterocycles. The minimum Gasteiger partial charge on any atom is -0.786 e. The largest absolute Gasteiger partial charge is 2.00 e. The van der Waals surface area contributed by atoms with Crippen molar-refractivity contribution in [2.24, 2.45) is 0 Å². The second-order valence-electron chi connectivity index (χ2n) is 0.944. The second-order valence-corrected chi connectivity index (χ2v) is 2.83. The minimum atomic E-state index is -5.64. The Kier molecular flexibility index (Phi) is 11.5. The third kappa shape index (κ3) is 486. The molecule has 0 aromatic carbocycles. The SMILES string of the molecule is O=P(O)(O)O.O=P([O-])([O-])F.[Ca+2]. The fraction of sp³-hybridized carbons (Fsp3) is 0. The molecule has 0 aliphatic rings. The molecule has 0 rings (SSSR count). The van der Waals surface area contributed by atoms with E-state index >= 15 is 0 Å². The number of rotatable bonds is 0. The Hall–Kier alpha value is 1.45. The molecule has 0 unspecified atom stereocenters. The van der Waals surface area contributed by atoms with Crippen molar-refractivity contribution >= 4 is 53.5 Å². The van der Waals surface area contributed by atoms with Gasteiger partial charge in [0.2, 0.25) is 0 Å². The first kappa shape index (κ1) is 18.3. The molecule has 0 saturated heterocycles. The molecule has 0 bridgehead atoms. The van der Waals surface area contributed by atoms with Crippen molar-refractivity contribution in [3.8, 4) is 0 Å². The summed E-state index contributed by atoms with van der Waals surface area (Å²) in [6.45, 7) is 0. The van der Waals surface area contributed by atoms with E-state index in [1.807, 2.05) is 0 Å². The molecule has 0 saturated carbocycles. The van der Waals surface area contributed by atoms with Gasteiger partial charge >= 0.3 is 45.6 Å². The van der Waals surface area contributed by atoms with Gasteiger partial charge in [0, 0.05) is 0 Å². The van der Waals surface area contributed by atoms with Crippen LogP contribution in [0.5, 0.6) is 0 Å². The van der Waals surface area contributed by atoms with Crippen molar-refractivity contribution in [3.05, 3.63) is 0 Å². The normalized spacial score (nSPS) is 10.7. The molecule has 7 nitrogen and oxygen atoms in total. The predicted molar refractivity (Wildman–Crippen MR) is 28.7 cm³/mol. The monoisotopic (exact) mass is 236 g/mol. The van der Waals surface area contributed by atoms with Crippen LogP contribution in [-0.4, -0.2) is 52.4 Å². The van der Waals surface area contributed by atoms with Crippen molar-refractivity contribution in [2.75, 3.05) is 0 Å². The molecule has 0 aromatic heterocycles. The molecule has 3 N–H and O–H groups in total. The van der Waals surface area contributed by atoms with Crippen molar-refractivity contribution in [1.82, 2.24) is 0 Å². The zero-order chi connectivity index (χ0) is 9.00. The van der Waals surface area contributed by atoms with Gasteiger partial charge in [0.1, 0.15) is 7.91 Å². The summed E-state index contributed by atoms with van der Waals surface area (Å²) in [6.07, 6.45) is 0. The van der Waals surface area contributed by atoms with E-state index in [-0.39, 0.29) is 37.7 Å². The molecule has 0 aliphatic carbocycles. The Balaban J connectivity index is -0.000000107. The van der Waals surface area contributed by atoms with E-state index in [9.17, 15) is 4.20 Å². The van der Waals surface area contributed by atoms with Crippen molar-refractivity contribution in [1.29, 1.82) is 0 Å². The summed E-state index contributed by atoms with van der Waals surface area (Å²) in [5.74, 6) is 0. The van der Waals surface area contributed by atoms with Gasteiger partial charge in [-0.15, -0.1) is 0 Å². The average Bonchev–Trinajstić information content (AvgIpc) is 1.12. The van der Waals surface area contributed by atoms with E-state index in [0.29, 0.717) is 0 Å². The zero-order valence-corrected chi connectivity index (χ0v) is 8.95. The van der Waals surface area contributed by atoms with E-state index < -0.39 is 15.7 Å². The molecular weight excluding hydrogens is 233 g/mol. The Morgan fingerprint density at radius 3 is 1.09 bits per heavy atom. The quantitative estimate of drug-likeness (QED) is 0.311. The minimum absolute atomic E-state index is 0. The van der Waals surface area contributed by atoms with Crippen LogP contribution in [0.2, 0.25) is 0 Å². The van der Waals surface area contributed by atoms with Gasteiger partial charge in [0.15, 0.2) is 0 Å². The van der Waals surface area contributed by atoms with Gasteiger partial charge in [0.25, 0.3) is 0 Å². The zero-order valence-electron chi connectivity index (χ0n) is 4.95. The van der Waals surface area contributed by atoms with E-state index in [0.717, 1.165) is 0 Å². The van der Waals surface area contributed by atoms with Gasteiger partial charge in [0.05, 0.1) is 0 Å². The standard InChI is InChI=1S/Ca.FH2O3P.H3O4P/c;2*1-5(2,3)4/h;(H2,2,3,4);(H3,1,2,3,4)/q+2;;/p-2. The fourth-order valence-corrected chi connectivity index (χ4v) is 0. The third-order valence-corrected chi connectivity index (χ3v) is 0. The van der Waals surface area contributed by atoms with Crippen LogP contribution in [-0.2, 0) is 9.13 Å². The summed E-state index contributed by atoms with van der Waals surface area (Å²) in [5.41, 5.74) is 0. The van der Waals surface area contributed by atoms with Crippen LogP contribution < -0.4 is 9.79 Å². The maximum absolute atomic E-state index is 10.1. The fourth-order valence-electron chi connectivity index (χ4n) is 0. The van der Waals surface area contributed by atoms with E-state index in [4.69, 9.17) is 33.6 Å². The summed E-state index contributed by atoms with van der Waals surface area (Å²) in [7, 11) is -10.3. The van der Waals surface area contributed by atoms with Crippen LogP contribution in [0.3, 0.4) is 0 Å². The van der Waals surface area contributed by atoms with Crippen molar-refractivity contribution in [2.45, 2.75) is 0 Å². The molecule has 0 spiro atoms. The first-order chi connectivity index (χ1) is 4.00. The average molecular weight is 236 g/mol. The summed E-state index contributed by atoms with van der Waals surface area (Å²) < 4.78 is 27.5. The molecule has 64 valence electrons. The topological polar surface area (TPSA) is 141 Å². The smallest absolute Gasteiger partial charge is 0.786 e. The molecule has 0 atom stereocenters. The Morgan fingerprint density at radius 2 is 1.09 bits per heavy atom. The number of halogens is 1. The van der Waals surface area contributed by atoms with Crippen molar-refractivity contribution < 1.29 is 37.8 Å². The van der Waals surface area contributed by atoms with Gasteiger partial charge in [-0.2, -0.15) is 0 Å². The Labute approximate surface area is 90.8 Å². The molecule has 11 heavy (non-hydrogen) atoms. The van der Waals surface area contributed by atoms with Gasteiger partial charge < -0.3 is 29.0 Å². The first-order valence-electron chi connectivity index (χ1n) is 1.50. The van der Waals surface area contributed by atoms with Gasteiger partial charge in [-0.1, -0.05) is 0 Å². The first-order valence-corrected chi connectivity index (χ1v) is 4.50. The predicted octanol–water partition coefficient (Wildman–Crippen LogP) is -2.52. The second kappa shape index (κ2) is 6.91. The molecule has 0 heterocycles. The van der Waals surface area contributed by atoms with Crippen LogP contribution in [0.15, 0.2) is 0 Å².